The Morgan fingerprint density at radius 3 is 2.79 bits per heavy atom. The van der Waals surface area contributed by atoms with E-state index in [-0.39, 0.29) is 30.2 Å². The number of piperidine rings is 1. The lowest BCUT2D eigenvalue weighted by molar-refractivity contribution is -0.0000300. The molecule has 134 valence electrons. The zero-order valence-electron chi connectivity index (χ0n) is 14.1. The fourth-order valence-electron chi connectivity index (χ4n) is 2.60. The molecule has 2 atom stereocenters. The van der Waals surface area contributed by atoms with Crippen LogP contribution in [-0.4, -0.2) is 52.3 Å². The van der Waals surface area contributed by atoms with Crippen LogP contribution in [0.25, 0.3) is 0 Å². The first-order valence-corrected chi connectivity index (χ1v) is 8.80. The van der Waals surface area contributed by atoms with Crippen molar-refractivity contribution in [3.8, 4) is 11.6 Å². The molecule has 0 aliphatic carbocycles. The van der Waals surface area contributed by atoms with E-state index in [9.17, 15) is 4.79 Å². The number of carbonyl (C=O) groups excluding carboxylic acids is 1. The summed E-state index contributed by atoms with van der Waals surface area (Å²) in [6, 6.07) is -0.0285. The molecule has 0 bridgehead atoms. The quantitative estimate of drug-likeness (QED) is 0.697. The number of rotatable bonds is 7. The molecule has 0 saturated carbocycles. The molecule has 0 N–H and O–H groups in total. The second-order valence-electron chi connectivity index (χ2n) is 5.65. The summed E-state index contributed by atoms with van der Waals surface area (Å²) in [5, 5.41) is 0. The number of amides is 1. The maximum absolute atomic E-state index is 12.3. The highest BCUT2D eigenvalue weighted by atomic mass is 35.5. The molecule has 1 aromatic rings. The Morgan fingerprint density at radius 1 is 1.38 bits per heavy atom. The number of ether oxygens (including phenoxy) is 3. The van der Waals surface area contributed by atoms with Crippen LogP contribution in [0.4, 0.5) is 4.79 Å². The summed E-state index contributed by atoms with van der Waals surface area (Å²) >= 11 is 5.58. The van der Waals surface area contributed by atoms with Gasteiger partial charge in [-0.15, -0.1) is 0 Å². The molecule has 2 rings (SSSR count). The normalized spacial score (nSPS) is 17.0. The third kappa shape index (κ3) is 5.12. The summed E-state index contributed by atoms with van der Waals surface area (Å²) in [5.74, 6) is 0.641. The summed E-state index contributed by atoms with van der Waals surface area (Å²) < 4.78 is 16.7. The lowest BCUT2D eigenvalue weighted by Crippen LogP contribution is -2.41. The largest absolute Gasteiger partial charge is 0.471 e. The van der Waals surface area contributed by atoms with Gasteiger partial charge in [0.1, 0.15) is 18.5 Å². The van der Waals surface area contributed by atoms with Gasteiger partial charge in [-0.05, 0) is 32.6 Å². The Hall–Kier alpha value is -1.76. The van der Waals surface area contributed by atoms with E-state index in [1.165, 1.54) is 12.5 Å². The van der Waals surface area contributed by atoms with Crippen LogP contribution in [0.3, 0.4) is 0 Å². The number of halogens is 1. The van der Waals surface area contributed by atoms with Crippen molar-refractivity contribution in [3.05, 3.63) is 12.5 Å². The topological polar surface area (TPSA) is 73.8 Å². The molecule has 2 heterocycles. The predicted molar refractivity (Wildman–Crippen MR) is 89.5 cm³/mol. The number of carbonyl (C=O) groups is 1. The predicted octanol–water partition coefficient (Wildman–Crippen LogP) is 3.22. The minimum atomic E-state index is -0.378. The van der Waals surface area contributed by atoms with E-state index in [0.29, 0.717) is 12.2 Å². The molecule has 0 aromatic carbocycles. The van der Waals surface area contributed by atoms with Crippen LogP contribution in [0, 0.1) is 0 Å². The Balaban J connectivity index is 1.95. The molecule has 1 aromatic heterocycles. The van der Waals surface area contributed by atoms with E-state index in [1.54, 1.807) is 4.90 Å². The van der Waals surface area contributed by atoms with E-state index < -0.39 is 0 Å². The van der Waals surface area contributed by atoms with Gasteiger partial charge in [-0.3, -0.25) is 0 Å². The molecule has 7 nitrogen and oxygen atoms in total. The third-order valence-electron chi connectivity index (χ3n) is 3.94. The number of hydrogen-bond acceptors (Lipinski definition) is 6. The Kier molecular flexibility index (Phi) is 7.36. The van der Waals surface area contributed by atoms with Gasteiger partial charge in [-0.1, -0.05) is 18.5 Å². The molecule has 0 radical (unpaired) electrons. The number of alkyl halides is 1. The van der Waals surface area contributed by atoms with Gasteiger partial charge in [-0.2, -0.15) is 4.98 Å². The van der Waals surface area contributed by atoms with E-state index in [2.05, 4.69) is 9.97 Å². The van der Waals surface area contributed by atoms with Gasteiger partial charge in [0.2, 0.25) is 5.75 Å². The van der Waals surface area contributed by atoms with Crippen LogP contribution in [-0.2, 0) is 4.74 Å². The van der Waals surface area contributed by atoms with Gasteiger partial charge in [0.25, 0.3) is 5.88 Å². The minimum Gasteiger partial charge on any atom is -0.471 e. The van der Waals surface area contributed by atoms with E-state index in [1.807, 2.05) is 13.8 Å². The molecular weight excluding hydrogens is 334 g/mol. The van der Waals surface area contributed by atoms with Gasteiger partial charge in [0.05, 0.1) is 6.20 Å². The van der Waals surface area contributed by atoms with E-state index >= 15 is 0 Å². The Bertz CT molecular complexity index is 526. The van der Waals surface area contributed by atoms with Crippen LogP contribution in [0.2, 0.25) is 0 Å². The first-order valence-electron chi connectivity index (χ1n) is 8.26. The molecule has 8 heteroatoms. The fraction of sp³-hybridized carbons (Fsp3) is 0.688. The number of aromatic nitrogens is 2. The monoisotopic (exact) mass is 357 g/mol. The average Bonchev–Trinajstić information content (AvgIpc) is 2.62. The van der Waals surface area contributed by atoms with Gasteiger partial charge >= 0.3 is 6.09 Å². The number of nitrogens with zero attached hydrogens (tertiary/aromatic N) is 3. The average molecular weight is 358 g/mol. The van der Waals surface area contributed by atoms with Crippen molar-refractivity contribution in [2.45, 2.75) is 51.7 Å². The van der Waals surface area contributed by atoms with E-state index in [4.69, 9.17) is 25.8 Å². The van der Waals surface area contributed by atoms with Gasteiger partial charge in [0.15, 0.2) is 6.07 Å². The molecule has 24 heavy (non-hydrogen) atoms. The standard InChI is InChI=1S/C16H24ClN3O4/c1-3-13(24-16(21)20-7-5-4-6-8-20)12(2)23-15-14(22-10-17)9-18-11-19-15/h9,11-13H,3-8,10H2,1-2H3. The van der Waals surface area contributed by atoms with Crippen LogP contribution in [0.1, 0.15) is 39.5 Å². The molecule has 1 saturated heterocycles. The minimum absolute atomic E-state index is 0.0285. The Labute approximate surface area is 147 Å². The number of likely N-dealkylation sites (tertiary alicyclic amines) is 1. The summed E-state index contributed by atoms with van der Waals surface area (Å²) in [4.78, 5) is 22.0. The van der Waals surface area contributed by atoms with Crippen molar-refractivity contribution in [1.82, 2.24) is 14.9 Å². The van der Waals surface area contributed by atoms with Gasteiger partial charge in [-0.25, -0.2) is 9.78 Å². The SMILES string of the molecule is CCC(OC(=O)N1CCCCC1)C(C)Oc1ncncc1OCCl. The summed E-state index contributed by atoms with van der Waals surface area (Å²) in [7, 11) is 0. The highest BCUT2D eigenvalue weighted by molar-refractivity contribution is 6.17. The van der Waals surface area contributed by atoms with Crippen molar-refractivity contribution in [2.75, 3.05) is 19.2 Å². The maximum Gasteiger partial charge on any atom is 0.410 e. The van der Waals surface area contributed by atoms with Crippen molar-refractivity contribution in [1.29, 1.82) is 0 Å². The van der Waals surface area contributed by atoms with Crippen molar-refractivity contribution in [3.63, 3.8) is 0 Å². The smallest absolute Gasteiger partial charge is 0.410 e. The van der Waals surface area contributed by atoms with Crippen molar-refractivity contribution >= 4 is 17.7 Å². The second kappa shape index (κ2) is 9.52. The highest BCUT2D eigenvalue weighted by Gasteiger charge is 2.26. The van der Waals surface area contributed by atoms with Crippen LogP contribution >= 0.6 is 11.6 Å². The van der Waals surface area contributed by atoms with Crippen LogP contribution in [0.5, 0.6) is 11.6 Å². The number of hydrogen-bond donors (Lipinski definition) is 0. The molecular formula is C16H24ClN3O4. The van der Waals surface area contributed by atoms with Gasteiger partial charge < -0.3 is 19.1 Å². The molecule has 2 unspecified atom stereocenters. The lowest BCUT2D eigenvalue weighted by atomic mass is 10.1. The zero-order valence-corrected chi connectivity index (χ0v) is 14.9. The highest BCUT2D eigenvalue weighted by Crippen LogP contribution is 2.25. The molecule has 0 spiro atoms. The summed E-state index contributed by atoms with van der Waals surface area (Å²) in [6.45, 7) is 5.29. The third-order valence-corrected chi connectivity index (χ3v) is 4.05. The summed E-state index contributed by atoms with van der Waals surface area (Å²) in [5.41, 5.74) is 0. The maximum atomic E-state index is 12.3. The van der Waals surface area contributed by atoms with Gasteiger partial charge in [0, 0.05) is 13.1 Å². The fourth-order valence-corrected chi connectivity index (χ4v) is 2.71. The zero-order chi connectivity index (χ0) is 17.4. The molecule has 1 amide bonds. The van der Waals surface area contributed by atoms with E-state index in [0.717, 1.165) is 32.4 Å². The summed E-state index contributed by atoms with van der Waals surface area (Å²) in [6.07, 6.45) is 5.67. The van der Waals surface area contributed by atoms with Crippen LogP contribution < -0.4 is 9.47 Å². The van der Waals surface area contributed by atoms with Crippen molar-refractivity contribution < 1.29 is 19.0 Å². The first-order chi connectivity index (χ1) is 11.7. The Morgan fingerprint density at radius 2 is 2.12 bits per heavy atom. The molecule has 1 fully saturated rings. The lowest BCUT2D eigenvalue weighted by Gasteiger charge is -2.30. The van der Waals surface area contributed by atoms with Crippen molar-refractivity contribution in [2.24, 2.45) is 0 Å². The molecule has 1 aliphatic rings. The second-order valence-corrected chi connectivity index (χ2v) is 5.86. The molecule has 1 aliphatic heterocycles. The van der Waals surface area contributed by atoms with Crippen LogP contribution in [0.15, 0.2) is 12.5 Å². The first kappa shape index (κ1) is 18.6.